The van der Waals surface area contributed by atoms with Gasteiger partial charge in [0.15, 0.2) is 8.07 Å². The lowest BCUT2D eigenvalue weighted by Gasteiger charge is -2.34. The summed E-state index contributed by atoms with van der Waals surface area (Å²) in [6.07, 6.45) is 0. The predicted octanol–water partition coefficient (Wildman–Crippen LogP) is 13.8. The number of rotatable bonds is 8. The molecule has 0 bridgehead atoms. The first-order valence-corrected chi connectivity index (χ1v) is 26.6. The molecular formula is C64H42N4SSi. The molecule has 0 N–H and O–H groups in total. The molecular weight excluding hydrogens is 885 g/mol. The minimum absolute atomic E-state index is 0.629. The van der Waals surface area contributed by atoms with Gasteiger partial charge < -0.3 is 4.57 Å². The molecule has 0 unspecified atom stereocenters. The molecule has 10 aromatic carbocycles. The fraction of sp³-hybridized carbons (Fsp3) is 0. The highest BCUT2D eigenvalue weighted by Crippen LogP contribution is 2.41. The Hall–Kier alpha value is -8.68. The van der Waals surface area contributed by atoms with Crippen LogP contribution in [0.15, 0.2) is 255 Å². The number of hydrogen-bond donors (Lipinski definition) is 0. The first-order chi connectivity index (χ1) is 34.7. The van der Waals surface area contributed by atoms with E-state index < -0.39 is 8.07 Å². The van der Waals surface area contributed by atoms with E-state index in [0.717, 1.165) is 50.0 Å². The second kappa shape index (κ2) is 16.2. The molecule has 0 saturated carbocycles. The van der Waals surface area contributed by atoms with Crippen LogP contribution in [0.1, 0.15) is 0 Å². The van der Waals surface area contributed by atoms with Crippen LogP contribution in [-0.2, 0) is 0 Å². The smallest absolute Gasteiger partial charge is 0.235 e. The van der Waals surface area contributed by atoms with Crippen LogP contribution in [0.3, 0.4) is 0 Å². The van der Waals surface area contributed by atoms with Gasteiger partial charge in [0, 0.05) is 58.5 Å². The molecule has 4 nitrogen and oxygen atoms in total. The molecule has 0 amide bonds. The van der Waals surface area contributed by atoms with Gasteiger partial charge in [0.2, 0.25) is 5.95 Å². The number of para-hydroxylation sites is 3. The van der Waals surface area contributed by atoms with E-state index in [9.17, 15) is 0 Å². The minimum atomic E-state index is -2.85. The average molecular weight is 927 g/mol. The van der Waals surface area contributed by atoms with Gasteiger partial charge >= 0.3 is 0 Å². The maximum absolute atomic E-state index is 5.66. The van der Waals surface area contributed by atoms with Gasteiger partial charge in [-0.15, -0.1) is 11.3 Å². The lowest BCUT2D eigenvalue weighted by molar-refractivity contribution is 0.996. The highest BCUT2D eigenvalue weighted by Gasteiger charge is 2.41. The van der Waals surface area contributed by atoms with Crippen LogP contribution >= 0.6 is 11.3 Å². The van der Waals surface area contributed by atoms with Crippen LogP contribution < -0.4 is 20.7 Å². The molecule has 70 heavy (non-hydrogen) atoms. The largest absolute Gasteiger partial charge is 0.309 e. The van der Waals surface area contributed by atoms with Crippen molar-refractivity contribution in [3.05, 3.63) is 255 Å². The molecule has 4 heterocycles. The second-order valence-electron chi connectivity index (χ2n) is 18.1. The normalized spacial score (nSPS) is 12.0. The van der Waals surface area contributed by atoms with Crippen LogP contribution in [0.5, 0.6) is 0 Å². The molecule has 0 aliphatic heterocycles. The van der Waals surface area contributed by atoms with E-state index >= 15 is 0 Å². The van der Waals surface area contributed by atoms with E-state index in [-0.39, 0.29) is 0 Å². The Balaban J connectivity index is 1.03. The molecule has 0 saturated heterocycles. The fourth-order valence-corrected chi connectivity index (χ4v) is 17.3. The van der Waals surface area contributed by atoms with Crippen LogP contribution in [0.4, 0.5) is 0 Å². The van der Waals surface area contributed by atoms with Crippen molar-refractivity contribution in [1.82, 2.24) is 19.1 Å². The Labute approximate surface area is 409 Å². The summed E-state index contributed by atoms with van der Waals surface area (Å²) in [4.78, 5) is 11.3. The monoisotopic (exact) mass is 926 g/mol. The summed E-state index contributed by atoms with van der Waals surface area (Å²) >= 11 is 1.83. The molecule has 0 fully saturated rings. The van der Waals surface area contributed by atoms with Crippen molar-refractivity contribution in [2.75, 3.05) is 0 Å². The van der Waals surface area contributed by atoms with Crippen molar-refractivity contribution in [2.24, 2.45) is 0 Å². The fourth-order valence-electron chi connectivity index (χ4n) is 11.3. The average Bonchev–Trinajstić information content (AvgIpc) is 4.10. The topological polar surface area (TPSA) is 35.6 Å². The van der Waals surface area contributed by atoms with E-state index in [1.54, 1.807) is 0 Å². The number of nitrogens with zero attached hydrogens (tertiary/aromatic N) is 4. The highest BCUT2D eigenvalue weighted by atomic mass is 32.1. The van der Waals surface area contributed by atoms with Crippen LogP contribution in [0, 0.1) is 0 Å². The number of aromatic nitrogens is 4. The summed E-state index contributed by atoms with van der Waals surface area (Å²) in [5, 5.41) is 12.5. The number of thiophene rings is 1. The Kier molecular flexibility index (Phi) is 9.37. The highest BCUT2D eigenvalue weighted by molar-refractivity contribution is 7.26. The quantitative estimate of drug-likeness (QED) is 0.112. The zero-order valence-corrected chi connectivity index (χ0v) is 39.8. The first kappa shape index (κ1) is 40.4. The SMILES string of the molecule is c1ccc([Si](c2ccccc2)(c2ccccc2)c2cccc(-c3cc(-c4cccc5c4sc4ccccc45)nc(-n4c5ccccc5c5cc(-n6c7ccccc7c7ccccc76)ccc54)n3)c2)cc1. The van der Waals surface area contributed by atoms with Gasteiger partial charge in [-0.1, -0.05) is 206 Å². The predicted molar refractivity (Wildman–Crippen MR) is 298 cm³/mol. The molecule has 14 aromatic rings. The summed E-state index contributed by atoms with van der Waals surface area (Å²) in [6.45, 7) is 0. The molecule has 0 radical (unpaired) electrons. The van der Waals surface area contributed by atoms with E-state index in [4.69, 9.17) is 9.97 Å². The Morgan fingerprint density at radius 2 is 0.814 bits per heavy atom. The van der Waals surface area contributed by atoms with Crippen LogP contribution in [0.25, 0.3) is 97.9 Å². The summed E-state index contributed by atoms with van der Waals surface area (Å²) in [5.41, 5.74) is 9.46. The van der Waals surface area contributed by atoms with Crippen molar-refractivity contribution in [1.29, 1.82) is 0 Å². The third-order valence-corrected chi connectivity index (χ3v) is 20.3. The lowest BCUT2D eigenvalue weighted by Crippen LogP contribution is -2.74. The number of hydrogen-bond acceptors (Lipinski definition) is 3. The van der Waals surface area contributed by atoms with Gasteiger partial charge in [-0.2, -0.15) is 0 Å². The zero-order valence-electron chi connectivity index (χ0n) is 37.9. The lowest BCUT2D eigenvalue weighted by atomic mass is 10.0. The minimum Gasteiger partial charge on any atom is -0.309 e. The van der Waals surface area contributed by atoms with Gasteiger partial charge in [-0.05, 0) is 69.3 Å². The number of fused-ring (bicyclic) bond motifs is 9. The van der Waals surface area contributed by atoms with Gasteiger partial charge in [0.25, 0.3) is 0 Å². The third kappa shape index (κ3) is 6.20. The summed E-state index contributed by atoms with van der Waals surface area (Å²) in [7, 11) is -2.85. The Morgan fingerprint density at radius 3 is 1.46 bits per heavy atom. The summed E-state index contributed by atoms with van der Waals surface area (Å²) in [6, 6.07) is 93.1. The van der Waals surface area contributed by atoms with Gasteiger partial charge in [-0.3, -0.25) is 4.57 Å². The van der Waals surface area contributed by atoms with E-state index in [2.05, 4.69) is 264 Å². The van der Waals surface area contributed by atoms with Crippen molar-refractivity contribution in [3.8, 4) is 34.2 Å². The molecule has 4 aromatic heterocycles. The van der Waals surface area contributed by atoms with E-state index in [1.807, 2.05) is 11.3 Å². The Morgan fingerprint density at radius 1 is 0.329 bits per heavy atom. The van der Waals surface area contributed by atoms with E-state index in [1.165, 1.54) is 62.7 Å². The first-order valence-electron chi connectivity index (χ1n) is 23.8. The van der Waals surface area contributed by atoms with Crippen molar-refractivity contribution >= 4 is 104 Å². The van der Waals surface area contributed by atoms with Crippen molar-refractivity contribution in [3.63, 3.8) is 0 Å². The molecule has 0 aliphatic carbocycles. The molecule has 328 valence electrons. The Bertz CT molecular complexity index is 4160. The third-order valence-electron chi connectivity index (χ3n) is 14.3. The van der Waals surface area contributed by atoms with E-state index in [0.29, 0.717) is 5.95 Å². The maximum Gasteiger partial charge on any atom is 0.235 e. The van der Waals surface area contributed by atoms with Gasteiger partial charge in [0.1, 0.15) is 0 Å². The van der Waals surface area contributed by atoms with Crippen LogP contribution in [-0.4, -0.2) is 27.2 Å². The van der Waals surface area contributed by atoms with Crippen molar-refractivity contribution in [2.45, 2.75) is 0 Å². The van der Waals surface area contributed by atoms with Crippen LogP contribution in [0.2, 0.25) is 0 Å². The number of benzene rings is 10. The van der Waals surface area contributed by atoms with Gasteiger partial charge in [-0.25, -0.2) is 9.97 Å². The standard InChI is InChI=1S/C64H42N4SSi/c1-4-21-45(22-5-1)70(46-23-6-2-7-24-46,47-25-8-3-9-26-47)48-27-18-20-43(40-48)56-42-57(54-33-19-32-53-52-31-13-17-37-62(52)69-63(53)54)66-64(65-56)68-60-36-16-12-30-51(60)55-41-44(38-39-61(55)68)67-58-34-14-10-28-49(58)50-29-11-15-35-59(50)67/h1-42H. The maximum atomic E-state index is 5.66. The molecule has 14 rings (SSSR count). The molecule has 6 heteroatoms. The summed E-state index contributed by atoms with van der Waals surface area (Å²) in [5.74, 6) is 0.629. The molecule has 0 spiro atoms. The molecule has 0 aliphatic rings. The second-order valence-corrected chi connectivity index (χ2v) is 22.9. The van der Waals surface area contributed by atoms with Gasteiger partial charge in [0.05, 0.1) is 33.5 Å². The molecule has 0 atom stereocenters. The van der Waals surface area contributed by atoms with Crippen molar-refractivity contribution < 1.29 is 0 Å². The summed E-state index contributed by atoms with van der Waals surface area (Å²) < 4.78 is 7.15. The zero-order chi connectivity index (χ0) is 46.2.